The Bertz CT molecular complexity index is 893. The number of halogens is 1. The van der Waals surface area contributed by atoms with Crippen LogP contribution >= 0.6 is 23.4 Å². The third kappa shape index (κ3) is 4.47. The van der Waals surface area contributed by atoms with Crippen LogP contribution in [0.3, 0.4) is 0 Å². The molecule has 0 atom stereocenters. The fourth-order valence-corrected chi connectivity index (χ4v) is 3.25. The summed E-state index contributed by atoms with van der Waals surface area (Å²) in [5.74, 6) is 0.362. The largest absolute Gasteiger partial charge is 0.293 e. The summed E-state index contributed by atoms with van der Waals surface area (Å²) in [7, 11) is 0. The number of ketones is 1. The lowest BCUT2D eigenvalue weighted by Crippen LogP contribution is -2.02. The monoisotopic (exact) mass is 368 g/mol. The van der Waals surface area contributed by atoms with Gasteiger partial charge in [-0.05, 0) is 61.9 Å². The molecule has 3 nitrogen and oxygen atoms in total. The number of thioether (sulfide) groups is 1. The number of nitrogens with zero attached hydrogens (tertiary/aromatic N) is 2. The second-order valence-electron chi connectivity index (χ2n) is 5.79. The van der Waals surface area contributed by atoms with Crippen molar-refractivity contribution >= 4 is 29.1 Å². The fourth-order valence-electron chi connectivity index (χ4n) is 2.41. The van der Waals surface area contributed by atoms with E-state index in [1.165, 1.54) is 22.9 Å². The molecule has 0 radical (unpaired) electrons. The number of aromatic nitrogens is 2. The van der Waals surface area contributed by atoms with Gasteiger partial charge in [-0.15, -0.1) is 10.2 Å². The molecule has 1 aromatic heterocycles. The van der Waals surface area contributed by atoms with Crippen LogP contribution in [0, 0.1) is 13.8 Å². The standard InChI is InChI=1S/C20H17ClN2OS/c1-13-3-4-14(2)17(11-13)18-9-10-20(23-22-18)25-12-19(24)15-5-7-16(21)8-6-15/h3-11H,12H2,1-2H3. The van der Waals surface area contributed by atoms with E-state index in [-0.39, 0.29) is 5.78 Å². The lowest BCUT2D eigenvalue weighted by molar-refractivity contribution is 0.102. The van der Waals surface area contributed by atoms with E-state index in [1.54, 1.807) is 24.3 Å². The van der Waals surface area contributed by atoms with Crippen LogP contribution in [0.15, 0.2) is 59.6 Å². The molecule has 0 bridgehead atoms. The fraction of sp³-hybridized carbons (Fsp3) is 0.150. The maximum Gasteiger partial charge on any atom is 0.173 e. The highest BCUT2D eigenvalue weighted by molar-refractivity contribution is 7.99. The zero-order chi connectivity index (χ0) is 17.8. The van der Waals surface area contributed by atoms with E-state index in [1.807, 2.05) is 12.1 Å². The highest BCUT2D eigenvalue weighted by atomic mass is 35.5. The van der Waals surface area contributed by atoms with Gasteiger partial charge in [0.05, 0.1) is 11.4 Å². The van der Waals surface area contributed by atoms with Crippen LogP contribution in [-0.2, 0) is 0 Å². The third-order valence-electron chi connectivity index (χ3n) is 3.83. The van der Waals surface area contributed by atoms with Gasteiger partial charge in [0.2, 0.25) is 0 Å². The van der Waals surface area contributed by atoms with Crippen LogP contribution in [0.5, 0.6) is 0 Å². The molecule has 0 aliphatic heterocycles. The maximum absolute atomic E-state index is 12.2. The molecular weight excluding hydrogens is 352 g/mol. The Morgan fingerprint density at radius 2 is 1.76 bits per heavy atom. The van der Waals surface area contributed by atoms with Gasteiger partial charge in [0.25, 0.3) is 0 Å². The first-order chi connectivity index (χ1) is 12.0. The van der Waals surface area contributed by atoms with Crippen molar-refractivity contribution in [2.45, 2.75) is 18.9 Å². The average Bonchev–Trinajstić information content (AvgIpc) is 2.63. The number of carbonyl (C=O) groups excluding carboxylic acids is 1. The molecule has 0 unspecified atom stereocenters. The van der Waals surface area contributed by atoms with Crippen LogP contribution in [0.2, 0.25) is 5.02 Å². The van der Waals surface area contributed by atoms with Gasteiger partial charge in [0, 0.05) is 16.1 Å². The zero-order valence-corrected chi connectivity index (χ0v) is 15.6. The van der Waals surface area contributed by atoms with Crippen LogP contribution in [0.1, 0.15) is 21.5 Å². The molecule has 0 saturated carbocycles. The van der Waals surface area contributed by atoms with Gasteiger partial charge in [-0.3, -0.25) is 4.79 Å². The molecule has 0 aliphatic carbocycles. The Kier molecular flexibility index (Phi) is 5.51. The topological polar surface area (TPSA) is 42.9 Å². The van der Waals surface area contributed by atoms with Crippen LogP contribution in [-0.4, -0.2) is 21.7 Å². The molecule has 0 amide bonds. The summed E-state index contributed by atoms with van der Waals surface area (Å²) in [6.07, 6.45) is 0. The van der Waals surface area contributed by atoms with E-state index >= 15 is 0 Å². The summed E-state index contributed by atoms with van der Waals surface area (Å²) >= 11 is 7.22. The molecule has 1 heterocycles. The first-order valence-corrected chi connectivity index (χ1v) is 9.22. The Balaban J connectivity index is 1.67. The maximum atomic E-state index is 12.2. The minimum atomic E-state index is 0.0436. The summed E-state index contributed by atoms with van der Waals surface area (Å²) in [4.78, 5) is 12.2. The van der Waals surface area contributed by atoms with E-state index in [2.05, 4.69) is 42.2 Å². The molecule has 0 spiro atoms. The molecular formula is C20H17ClN2OS. The average molecular weight is 369 g/mol. The Morgan fingerprint density at radius 3 is 2.44 bits per heavy atom. The number of rotatable bonds is 5. The van der Waals surface area contributed by atoms with Crippen molar-refractivity contribution in [1.29, 1.82) is 0 Å². The molecule has 126 valence electrons. The van der Waals surface area contributed by atoms with Crippen LogP contribution < -0.4 is 0 Å². The van der Waals surface area contributed by atoms with Crippen molar-refractivity contribution in [3.63, 3.8) is 0 Å². The molecule has 0 aliphatic rings. The second-order valence-corrected chi connectivity index (χ2v) is 7.23. The number of benzene rings is 2. The van der Waals surface area contributed by atoms with Crippen LogP contribution in [0.4, 0.5) is 0 Å². The third-order valence-corrected chi connectivity index (χ3v) is 5.00. The predicted octanol–water partition coefficient (Wildman–Crippen LogP) is 5.39. The number of hydrogen-bond donors (Lipinski definition) is 0. The van der Waals surface area contributed by atoms with E-state index in [0.29, 0.717) is 16.3 Å². The molecule has 2 aromatic carbocycles. The highest BCUT2D eigenvalue weighted by Crippen LogP contribution is 2.24. The molecule has 3 rings (SSSR count). The number of carbonyl (C=O) groups is 1. The highest BCUT2D eigenvalue weighted by Gasteiger charge is 2.09. The quantitative estimate of drug-likeness (QED) is 0.447. The molecule has 0 saturated heterocycles. The van der Waals surface area contributed by atoms with Gasteiger partial charge >= 0.3 is 0 Å². The number of aryl methyl sites for hydroxylation is 2. The summed E-state index contributed by atoms with van der Waals surface area (Å²) in [6, 6.07) is 17.0. The molecule has 5 heteroatoms. The normalized spacial score (nSPS) is 10.7. The molecule has 0 N–H and O–H groups in total. The van der Waals surface area contributed by atoms with Crippen molar-refractivity contribution in [3.05, 3.63) is 76.3 Å². The second kappa shape index (κ2) is 7.81. The van der Waals surface area contributed by atoms with Crippen molar-refractivity contribution in [2.24, 2.45) is 0 Å². The number of hydrogen-bond acceptors (Lipinski definition) is 4. The van der Waals surface area contributed by atoms with Crippen molar-refractivity contribution in [3.8, 4) is 11.3 Å². The van der Waals surface area contributed by atoms with Gasteiger partial charge in [0.1, 0.15) is 5.03 Å². The minimum Gasteiger partial charge on any atom is -0.293 e. The lowest BCUT2D eigenvalue weighted by atomic mass is 10.0. The SMILES string of the molecule is Cc1ccc(C)c(-c2ccc(SCC(=O)c3ccc(Cl)cc3)nn2)c1. The smallest absolute Gasteiger partial charge is 0.173 e. The van der Waals surface area contributed by atoms with Gasteiger partial charge in [-0.25, -0.2) is 0 Å². The van der Waals surface area contributed by atoms with E-state index in [4.69, 9.17) is 11.6 Å². The van der Waals surface area contributed by atoms with Crippen LogP contribution in [0.25, 0.3) is 11.3 Å². The Labute approximate surface area is 156 Å². The summed E-state index contributed by atoms with van der Waals surface area (Å²) in [6.45, 7) is 4.12. The van der Waals surface area contributed by atoms with E-state index in [0.717, 1.165) is 16.3 Å². The Hall–Kier alpha value is -2.17. The van der Waals surface area contributed by atoms with Crippen molar-refractivity contribution < 1.29 is 4.79 Å². The summed E-state index contributed by atoms with van der Waals surface area (Å²) < 4.78 is 0. The number of Topliss-reactive ketones (excluding diaryl/α,β-unsaturated/α-hetero) is 1. The molecule has 3 aromatic rings. The van der Waals surface area contributed by atoms with Crippen molar-refractivity contribution in [2.75, 3.05) is 5.75 Å². The van der Waals surface area contributed by atoms with Crippen molar-refractivity contribution in [1.82, 2.24) is 10.2 Å². The first kappa shape index (κ1) is 17.6. The van der Waals surface area contributed by atoms with Gasteiger partial charge in [-0.2, -0.15) is 0 Å². The lowest BCUT2D eigenvalue weighted by Gasteiger charge is -2.06. The van der Waals surface area contributed by atoms with E-state index in [9.17, 15) is 4.79 Å². The summed E-state index contributed by atoms with van der Waals surface area (Å²) in [5, 5.41) is 9.91. The summed E-state index contributed by atoms with van der Waals surface area (Å²) in [5.41, 5.74) is 4.93. The van der Waals surface area contributed by atoms with Gasteiger partial charge < -0.3 is 0 Å². The first-order valence-electron chi connectivity index (χ1n) is 7.86. The zero-order valence-electron chi connectivity index (χ0n) is 14.0. The molecule has 0 fully saturated rings. The van der Waals surface area contributed by atoms with E-state index < -0.39 is 0 Å². The van der Waals surface area contributed by atoms with Gasteiger partial charge in [0.15, 0.2) is 5.78 Å². The minimum absolute atomic E-state index is 0.0436. The Morgan fingerprint density at radius 1 is 1.00 bits per heavy atom. The van der Waals surface area contributed by atoms with Gasteiger partial charge in [-0.1, -0.05) is 41.1 Å². The predicted molar refractivity (Wildman–Crippen MR) is 103 cm³/mol. The molecule has 25 heavy (non-hydrogen) atoms.